The number of aryl methyl sites for hydroxylation is 2. The van der Waals surface area contributed by atoms with Gasteiger partial charge in [-0.05, 0) is 56.8 Å². The Labute approximate surface area is 177 Å². The second-order valence-corrected chi connectivity index (χ2v) is 7.93. The molecule has 1 aliphatic rings. The molecule has 7 nitrogen and oxygen atoms in total. The molecule has 30 heavy (non-hydrogen) atoms. The van der Waals surface area contributed by atoms with Gasteiger partial charge in [0.2, 0.25) is 0 Å². The number of pyridine rings is 1. The summed E-state index contributed by atoms with van der Waals surface area (Å²) in [4.78, 5) is 21.9. The van der Waals surface area contributed by atoms with E-state index >= 15 is 0 Å². The van der Waals surface area contributed by atoms with Crippen LogP contribution in [0.15, 0.2) is 48.7 Å². The van der Waals surface area contributed by atoms with Gasteiger partial charge in [0.15, 0.2) is 0 Å². The topological polar surface area (TPSA) is 66.3 Å². The van der Waals surface area contributed by atoms with Crippen LogP contribution in [0.1, 0.15) is 27.3 Å². The van der Waals surface area contributed by atoms with Crippen LogP contribution in [0.3, 0.4) is 0 Å². The minimum Gasteiger partial charge on any atom is -0.354 e. The van der Waals surface area contributed by atoms with Crippen LogP contribution in [0.2, 0.25) is 0 Å². The summed E-state index contributed by atoms with van der Waals surface area (Å²) < 4.78 is 1.95. The lowest BCUT2D eigenvalue weighted by Gasteiger charge is -2.33. The molecule has 1 aromatic carbocycles. The summed E-state index contributed by atoms with van der Waals surface area (Å²) in [6, 6.07) is 13.6. The lowest BCUT2D eigenvalue weighted by molar-refractivity contribution is 0.102. The molecule has 1 aliphatic heterocycles. The number of carbonyl (C=O) groups excluding carboxylic acids is 1. The van der Waals surface area contributed by atoms with Crippen LogP contribution in [0, 0.1) is 13.8 Å². The Morgan fingerprint density at radius 2 is 1.87 bits per heavy atom. The first-order valence-electron chi connectivity index (χ1n) is 10.3. The highest BCUT2D eigenvalue weighted by atomic mass is 16.1. The standard InChI is InChI=1S/C23H28N6O/c1-17-13-18(2)29(26-17)16-19-5-4-6-20(14-19)23(30)25-21-7-8-22(24-15-21)28-11-9-27(3)10-12-28/h4-8,13-15H,9-12,16H2,1-3H3,(H,25,30). The third-order valence-electron chi connectivity index (χ3n) is 5.46. The Balaban J connectivity index is 1.40. The van der Waals surface area contributed by atoms with Crippen molar-refractivity contribution in [2.45, 2.75) is 20.4 Å². The Bertz CT molecular complexity index is 1020. The zero-order valence-electron chi connectivity index (χ0n) is 17.8. The molecule has 2 aromatic heterocycles. The van der Waals surface area contributed by atoms with E-state index in [1.165, 1.54) is 0 Å². The number of piperazine rings is 1. The molecule has 0 aliphatic carbocycles. The van der Waals surface area contributed by atoms with Crippen LogP contribution in [-0.4, -0.2) is 58.8 Å². The number of benzene rings is 1. The molecule has 7 heteroatoms. The molecule has 0 saturated carbocycles. The van der Waals surface area contributed by atoms with E-state index in [-0.39, 0.29) is 5.91 Å². The van der Waals surface area contributed by atoms with Gasteiger partial charge in [-0.2, -0.15) is 5.10 Å². The van der Waals surface area contributed by atoms with Crippen molar-refractivity contribution < 1.29 is 4.79 Å². The lowest BCUT2D eigenvalue weighted by atomic mass is 10.1. The van der Waals surface area contributed by atoms with E-state index in [2.05, 4.69) is 38.3 Å². The molecule has 156 valence electrons. The molecule has 1 saturated heterocycles. The summed E-state index contributed by atoms with van der Waals surface area (Å²) in [7, 11) is 2.13. The van der Waals surface area contributed by atoms with E-state index in [0.717, 1.165) is 48.9 Å². The Morgan fingerprint density at radius 1 is 1.07 bits per heavy atom. The van der Waals surface area contributed by atoms with Crippen LogP contribution in [0.25, 0.3) is 0 Å². The average molecular weight is 405 g/mol. The van der Waals surface area contributed by atoms with Crippen molar-refractivity contribution >= 4 is 17.4 Å². The SMILES string of the molecule is Cc1cc(C)n(Cc2cccc(C(=O)Nc3ccc(N4CCN(C)CC4)nc3)c2)n1. The quantitative estimate of drug-likeness (QED) is 0.708. The average Bonchev–Trinajstić information content (AvgIpc) is 3.06. The molecule has 1 N–H and O–H groups in total. The zero-order chi connectivity index (χ0) is 21.1. The van der Waals surface area contributed by atoms with Crippen molar-refractivity contribution in [3.8, 4) is 0 Å². The van der Waals surface area contributed by atoms with E-state index < -0.39 is 0 Å². The molecule has 1 fully saturated rings. The van der Waals surface area contributed by atoms with Gasteiger partial charge >= 0.3 is 0 Å². The largest absolute Gasteiger partial charge is 0.354 e. The van der Waals surface area contributed by atoms with Crippen LogP contribution >= 0.6 is 0 Å². The van der Waals surface area contributed by atoms with Crippen LogP contribution in [0.5, 0.6) is 0 Å². The second-order valence-electron chi connectivity index (χ2n) is 7.93. The molecule has 4 rings (SSSR count). The summed E-state index contributed by atoms with van der Waals surface area (Å²) in [6.07, 6.45) is 1.73. The van der Waals surface area contributed by atoms with Crippen LogP contribution in [0.4, 0.5) is 11.5 Å². The predicted molar refractivity (Wildman–Crippen MR) is 119 cm³/mol. The number of hydrogen-bond acceptors (Lipinski definition) is 5. The van der Waals surface area contributed by atoms with Gasteiger partial charge in [-0.15, -0.1) is 0 Å². The molecule has 1 amide bonds. The van der Waals surface area contributed by atoms with Gasteiger partial charge < -0.3 is 15.1 Å². The third-order valence-corrected chi connectivity index (χ3v) is 5.46. The number of anilines is 2. The number of amides is 1. The van der Waals surface area contributed by atoms with Gasteiger partial charge in [-0.3, -0.25) is 9.48 Å². The molecule has 0 bridgehead atoms. The molecule has 0 atom stereocenters. The number of likely N-dealkylation sites (N-methyl/N-ethyl adjacent to an activating group) is 1. The fourth-order valence-electron chi connectivity index (χ4n) is 3.70. The molecule has 3 heterocycles. The van der Waals surface area contributed by atoms with E-state index in [1.807, 2.05) is 54.9 Å². The van der Waals surface area contributed by atoms with E-state index in [4.69, 9.17) is 0 Å². The van der Waals surface area contributed by atoms with Crippen molar-refractivity contribution in [3.05, 3.63) is 71.2 Å². The first-order valence-corrected chi connectivity index (χ1v) is 10.3. The Kier molecular flexibility index (Phi) is 5.81. The molecule has 3 aromatic rings. The normalized spacial score (nSPS) is 14.7. The van der Waals surface area contributed by atoms with Crippen molar-refractivity contribution in [1.82, 2.24) is 19.7 Å². The minimum atomic E-state index is -0.139. The highest BCUT2D eigenvalue weighted by molar-refractivity contribution is 6.04. The summed E-state index contributed by atoms with van der Waals surface area (Å²) in [5, 5.41) is 7.45. The lowest BCUT2D eigenvalue weighted by Crippen LogP contribution is -2.44. The van der Waals surface area contributed by atoms with Gasteiger partial charge in [0.25, 0.3) is 5.91 Å². The fourth-order valence-corrected chi connectivity index (χ4v) is 3.70. The predicted octanol–water partition coefficient (Wildman–Crippen LogP) is 2.95. The van der Waals surface area contributed by atoms with Crippen molar-refractivity contribution in [3.63, 3.8) is 0 Å². The monoisotopic (exact) mass is 404 g/mol. The summed E-state index contributed by atoms with van der Waals surface area (Å²) in [5.41, 5.74) is 4.46. The number of nitrogens with zero attached hydrogens (tertiary/aromatic N) is 5. The number of aromatic nitrogens is 3. The highest BCUT2D eigenvalue weighted by Crippen LogP contribution is 2.17. The molecule has 0 unspecified atom stereocenters. The van der Waals surface area contributed by atoms with Gasteiger partial charge in [0.1, 0.15) is 5.82 Å². The van der Waals surface area contributed by atoms with Crippen LogP contribution in [-0.2, 0) is 6.54 Å². The number of carbonyl (C=O) groups is 1. The van der Waals surface area contributed by atoms with E-state index in [9.17, 15) is 4.79 Å². The smallest absolute Gasteiger partial charge is 0.255 e. The maximum atomic E-state index is 12.7. The summed E-state index contributed by atoms with van der Waals surface area (Å²) >= 11 is 0. The molecule has 0 spiro atoms. The van der Waals surface area contributed by atoms with Gasteiger partial charge in [0.05, 0.1) is 24.1 Å². The van der Waals surface area contributed by atoms with E-state index in [1.54, 1.807) is 6.20 Å². The summed E-state index contributed by atoms with van der Waals surface area (Å²) in [6.45, 7) is 8.67. The number of nitrogens with one attached hydrogen (secondary N) is 1. The summed E-state index contributed by atoms with van der Waals surface area (Å²) in [5.74, 6) is 0.812. The Morgan fingerprint density at radius 3 is 2.53 bits per heavy atom. The van der Waals surface area contributed by atoms with Gasteiger partial charge in [-0.25, -0.2) is 4.98 Å². The van der Waals surface area contributed by atoms with Crippen molar-refractivity contribution in [2.75, 3.05) is 43.4 Å². The molecular formula is C23H28N6O. The highest BCUT2D eigenvalue weighted by Gasteiger charge is 2.15. The van der Waals surface area contributed by atoms with Crippen molar-refractivity contribution in [2.24, 2.45) is 0 Å². The van der Waals surface area contributed by atoms with Gasteiger partial charge in [0, 0.05) is 37.4 Å². The first-order chi connectivity index (χ1) is 14.5. The van der Waals surface area contributed by atoms with E-state index in [0.29, 0.717) is 17.8 Å². The maximum Gasteiger partial charge on any atom is 0.255 e. The zero-order valence-corrected chi connectivity index (χ0v) is 17.8. The Hall–Kier alpha value is -3.19. The number of rotatable bonds is 5. The minimum absolute atomic E-state index is 0.139. The fraction of sp³-hybridized carbons (Fsp3) is 0.348. The third kappa shape index (κ3) is 4.68. The molecule has 0 radical (unpaired) electrons. The second kappa shape index (κ2) is 8.67. The molecular weight excluding hydrogens is 376 g/mol. The van der Waals surface area contributed by atoms with Crippen molar-refractivity contribution in [1.29, 1.82) is 0 Å². The first kappa shape index (κ1) is 20.1. The number of hydrogen-bond donors (Lipinski definition) is 1. The maximum absolute atomic E-state index is 12.7. The van der Waals surface area contributed by atoms with Gasteiger partial charge in [-0.1, -0.05) is 12.1 Å². The van der Waals surface area contributed by atoms with Crippen LogP contribution < -0.4 is 10.2 Å².